The summed E-state index contributed by atoms with van der Waals surface area (Å²) in [6, 6.07) is 7.79. The number of ether oxygens (including phenoxy) is 1. The molecule has 0 bridgehead atoms. The summed E-state index contributed by atoms with van der Waals surface area (Å²) >= 11 is 0. The number of rotatable bonds is 2. The average molecular weight is 226 g/mol. The van der Waals surface area contributed by atoms with Crippen molar-refractivity contribution in [3.63, 3.8) is 0 Å². The van der Waals surface area contributed by atoms with Crippen LogP contribution in [0.25, 0.3) is 22.2 Å². The van der Waals surface area contributed by atoms with Crippen molar-refractivity contribution in [2.24, 2.45) is 0 Å². The molecule has 3 aromatic rings. The number of furan rings is 1. The van der Waals surface area contributed by atoms with E-state index in [2.05, 4.69) is 9.97 Å². The van der Waals surface area contributed by atoms with Crippen LogP contribution in [0.15, 0.2) is 47.5 Å². The summed E-state index contributed by atoms with van der Waals surface area (Å²) in [5.41, 5.74) is 2.65. The van der Waals surface area contributed by atoms with Gasteiger partial charge in [0.2, 0.25) is 5.71 Å². The SMILES string of the molecule is COc1ccc(-c2coc3ncncc23)cc1. The summed E-state index contributed by atoms with van der Waals surface area (Å²) in [5, 5.41) is 0.915. The summed E-state index contributed by atoms with van der Waals surface area (Å²) in [4.78, 5) is 8.07. The van der Waals surface area contributed by atoms with Crippen LogP contribution in [0.5, 0.6) is 5.75 Å². The second kappa shape index (κ2) is 3.90. The van der Waals surface area contributed by atoms with E-state index in [1.54, 1.807) is 19.6 Å². The fourth-order valence-electron chi connectivity index (χ4n) is 1.77. The summed E-state index contributed by atoms with van der Waals surface area (Å²) in [6.45, 7) is 0. The number of fused-ring (bicyclic) bond motifs is 1. The third kappa shape index (κ3) is 1.63. The van der Waals surface area contributed by atoms with Gasteiger partial charge in [0, 0.05) is 11.8 Å². The van der Waals surface area contributed by atoms with Gasteiger partial charge in [-0.25, -0.2) is 9.97 Å². The Morgan fingerprint density at radius 2 is 2.00 bits per heavy atom. The van der Waals surface area contributed by atoms with Crippen molar-refractivity contribution < 1.29 is 9.15 Å². The Morgan fingerprint density at radius 3 is 2.76 bits per heavy atom. The van der Waals surface area contributed by atoms with Crippen molar-refractivity contribution in [3.05, 3.63) is 43.1 Å². The number of hydrogen-bond acceptors (Lipinski definition) is 4. The lowest BCUT2D eigenvalue weighted by molar-refractivity contribution is 0.415. The summed E-state index contributed by atoms with van der Waals surface area (Å²) in [7, 11) is 1.65. The van der Waals surface area contributed by atoms with E-state index in [4.69, 9.17) is 9.15 Å². The van der Waals surface area contributed by atoms with E-state index in [0.29, 0.717) is 5.71 Å². The molecular weight excluding hydrogens is 216 g/mol. The Labute approximate surface area is 97.9 Å². The third-order valence-electron chi connectivity index (χ3n) is 2.66. The quantitative estimate of drug-likeness (QED) is 0.674. The maximum Gasteiger partial charge on any atom is 0.229 e. The zero-order chi connectivity index (χ0) is 11.7. The van der Waals surface area contributed by atoms with Gasteiger partial charge in [-0.3, -0.25) is 0 Å². The van der Waals surface area contributed by atoms with E-state index in [9.17, 15) is 0 Å². The van der Waals surface area contributed by atoms with Crippen LogP contribution in [0.4, 0.5) is 0 Å². The summed E-state index contributed by atoms with van der Waals surface area (Å²) in [6.07, 6.45) is 4.93. The van der Waals surface area contributed by atoms with Crippen LogP contribution in [-0.2, 0) is 0 Å². The van der Waals surface area contributed by atoms with Gasteiger partial charge in [0.25, 0.3) is 0 Å². The van der Waals surface area contributed by atoms with E-state index < -0.39 is 0 Å². The van der Waals surface area contributed by atoms with Crippen LogP contribution in [0.1, 0.15) is 0 Å². The second-order valence-electron chi connectivity index (χ2n) is 3.62. The molecule has 2 aromatic heterocycles. The van der Waals surface area contributed by atoms with E-state index in [0.717, 1.165) is 22.3 Å². The molecule has 0 spiro atoms. The Kier molecular flexibility index (Phi) is 2.26. The van der Waals surface area contributed by atoms with Crippen molar-refractivity contribution in [2.75, 3.05) is 7.11 Å². The second-order valence-corrected chi connectivity index (χ2v) is 3.62. The monoisotopic (exact) mass is 226 g/mol. The molecule has 0 aliphatic carbocycles. The molecule has 4 nitrogen and oxygen atoms in total. The highest BCUT2D eigenvalue weighted by molar-refractivity contribution is 5.91. The molecule has 1 aromatic carbocycles. The highest BCUT2D eigenvalue weighted by Crippen LogP contribution is 2.29. The molecule has 0 saturated heterocycles. The zero-order valence-electron chi connectivity index (χ0n) is 9.25. The normalized spacial score (nSPS) is 10.6. The van der Waals surface area contributed by atoms with Gasteiger partial charge < -0.3 is 9.15 Å². The largest absolute Gasteiger partial charge is 0.497 e. The van der Waals surface area contributed by atoms with Crippen molar-refractivity contribution in [2.45, 2.75) is 0 Å². The van der Waals surface area contributed by atoms with Gasteiger partial charge in [-0.05, 0) is 17.7 Å². The molecule has 0 saturated carbocycles. The van der Waals surface area contributed by atoms with Crippen molar-refractivity contribution in [1.82, 2.24) is 9.97 Å². The topological polar surface area (TPSA) is 48.2 Å². The van der Waals surface area contributed by atoms with Gasteiger partial charge in [0.1, 0.15) is 18.3 Å². The number of hydrogen-bond donors (Lipinski definition) is 0. The smallest absolute Gasteiger partial charge is 0.229 e. The molecule has 4 heteroatoms. The van der Waals surface area contributed by atoms with Crippen LogP contribution >= 0.6 is 0 Å². The van der Waals surface area contributed by atoms with Crippen molar-refractivity contribution >= 4 is 11.1 Å². The first-order valence-corrected chi connectivity index (χ1v) is 5.20. The van der Waals surface area contributed by atoms with Gasteiger partial charge in [0.15, 0.2) is 0 Å². The van der Waals surface area contributed by atoms with E-state index in [1.165, 1.54) is 6.33 Å². The van der Waals surface area contributed by atoms with Gasteiger partial charge in [-0.2, -0.15) is 0 Å². The molecule has 2 heterocycles. The molecule has 0 radical (unpaired) electrons. The van der Waals surface area contributed by atoms with E-state index in [-0.39, 0.29) is 0 Å². The van der Waals surface area contributed by atoms with Crippen LogP contribution in [0, 0.1) is 0 Å². The predicted molar refractivity (Wildman–Crippen MR) is 63.8 cm³/mol. The molecule has 0 fully saturated rings. The minimum atomic E-state index is 0.603. The summed E-state index contributed by atoms with van der Waals surface area (Å²) in [5.74, 6) is 0.831. The van der Waals surface area contributed by atoms with Gasteiger partial charge in [-0.15, -0.1) is 0 Å². The molecule has 17 heavy (non-hydrogen) atoms. The molecular formula is C13H10N2O2. The van der Waals surface area contributed by atoms with Gasteiger partial charge in [0.05, 0.1) is 12.5 Å². The highest BCUT2D eigenvalue weighted by atomic mass is 16.5. The Morgan fingerprint density at radius 1 is 1.18 bits per heavy atom. The average Bonchev–Trinajstić information content (AvgIpc) is 2.83. The molecule has 84 valence electrons. The molecule has 0 N–H and O–H groups in total. The Balaban J connectivity index is 2.13. The number of benzene rings is 1. The van der Waals surface area contributed by atoms with Crippen molar-refractivity contribution in [3.8, 4) is 16.9 Å². The minimum Gasteiger partial charge on any atom is -0.497 e. The fourth-order valence-corrected chi connectivity index (χ4v) is 1.77. The van der Waals surface area contributed by atoms with Crippen LogP contribution in [0.2, 0.25) is 0 Å². The standard InChI is InChI=1S/C13H10N2O2/c1-16-10-4-2-9(3-5-10)12-7-17-13-11(12)6-14-8-15-13/h2-8H,1H3. The Bertz CT molecular complexity index is 644. The maximum absolute atomic E-state index is 5.38. The first kappa shape index (κ1) is 9.84. The molecule has 0 amide bonds. The van der Waals surface area contributed by atoms with Gasteiger partial charge >= 0.3 is 0 Å². The third-order valence-corrected chi connectivity index (χ3v) is 2.66. The molecule has 3 rings (SSSR count). The fraction of sp³-hybridized carbons (Fsp3) is 0.0769. The lowest BCUT2D eigenvalue weighted by Crippen LogP contribution is -1.82. The van der Waals surface area contributed by atoms with E-state index >= 15 is 0 Å². The lowest BCUT2D eigenvalue weighted by atomic mass is 10.1. The summed E-state index contributed by atoms with van der Waals surface area (Å²) < 4.78 is 10.5. The Hall–Kier alpha value is -2.36. The van der Waals surface area contributed by atoms with Crippen molar-refractivity contribution in [1.29, 1.82) is 0 Å². The first-order valence-electron chi connectivity index (χ1n) is 5.20. The molecule has 0 aliphatic heterocycles. The molecule has 0 atom stereocenters. The predicted octanol–water partition coefficient (Wildman–Crippen LogP) is 2.90. The molecule has 0 aliphatic rings. The lowest BCUT2D eigenvalue weighted by Gasteiger charge is -2.01. The van der Waals surface area contributed by atoms with Gasteiger partial charge in [-0.1, -0.05) is 12.1 Å². The minimum absolute atomic E-state index is 0.603. The first-order chi connectivity index (χ1) is 8.38. The number of aromatic nitrogens is 2. The highest BCUT2D eigenvalue weighted by Gasteiger charge is 2.08. The van der Waals surface area contributed by atoms with Crippen LogP contribution in [-0.4, -0.2) is 17.1 Å². The number of methoxy groups -OCH3 is 1. The van der Waals surface area contributed by atoms with Crippen LogP contribution < -0.4 is 4.74 Å². The number of nitrogens with zero attached hydrogens (tertiary/aromatic N) is 2. The molecule has 0 unspecified atom stereocenters. The zero-order valence-corrected chi connectivity index (χ0v) is 9.25. The maximum atomic E-state index is 5.38. The van der Waals surface area contributed by atoms with Crippen LogP contribution in [0.3, 0.4) is 0 Å². The van der Waals surface area contributed by atoms with E-state index in [1.807, 2.05) is 24.3 Å².